The minimum absolute atomic E-state index is 0.0990. The van der Waals surface area contributed by atoms with Gasteiger partial charge < -0.3 is 0 Å². The number of hydrogen-bond donors (Lipinski definition) is 0. The molecule has 0 N–H and O–H groups in total. The van der Waals surface area contributed by atoms with E-state index in [0.717, 1.165) is 20.4 Å². The number of aromatic nitrogens is 2. The zero-order chi connectivity index (χ0) is 13.2. The first-order chi connectivity index (χ1) is 9.22. The lowest BCUT2D eigenvalue weighted by Gasteiger charge is -2.01. The van der Waals surface area contributed by atoms with Crippen molar-refractivity contribution >= 4 is 44.1 Å². The minimum Gasteiger partial charge on any atom is -0.294 e. The van der Waals surface area contributed by atoms with Crippen LogP contribution in [0.5, 0.6) is 0 Å². The number of rotatable bonds is 3. The van der Waals surface area contributed by atoms with Gasteiger partial charge in [0.15, 0.2) is 5.78 Å². The molecule has 0 aliphatic heterocycles. The summed E-state index contributed by atoms with van der Waals surface area (Å²) in [6, 6.07) is 7.42. The average molecular weight is 333 g/mol. The van der Waals surface area contributed by atoms with E-state index in [9.17, 15) is 4.79 Å². The summed E-state index contributed by atoms with van der Waals surface area (Å²) in [6.45, 7) is 0. The molecule has 0 amide bonds. The molecule has 0 aliphatic rings. The molecule has 1 aromatic carbocycles. The van der Waals surface area contributed by atoms with Gasteiger partial charge in [-0.25, -0.2) is 0 Å². The summed E-state index contributed by atoms with van der Waals surface area (Å²) in [5, 5.41) is 1.98. The van der Waals surface area contributed by atoms with E-state index in [-0.39, 0.29) is 5.78 Å². The fraction of sp³-hybridized carbons (Fsp3) is 0.0714. The Hall–Kier alpha value is -1.59. The molecule has 3 rings (SSSR count). The number of benzene rings is 1. The number of carbonyl (C=O) groups is 1. The van der Waals surface area contributed by atoms with Gasteiger partial charge >= 0.3 is 0 Å². The Morgan fingerprint density at radius 1 is 1.16 bits per heavy atom. The van der Waals surface area contributed by atoms with E-state index in [2.05, 4.69) is 25.9 Å². The van der Waals surface area contributed by atoms with E-state index >= 15 is 0 Å². The number of nitrogens with zero attached hydrogens (tertiary/aromatic N) is 2. The van der Waals surface area contributed by atoms with Crippen molar-refractivity contribution in [2.45, 2.75) is 6.42 Å². The molecule has 0 bridgehead atoms. The Kier molecular flexibility index (Phi) is 3.40. The van der Waals surface area contributed by atoms with E-state index in [1.165, 1.54) is 0 Å². The molecule has 0 fully saturated rings. The lowest BCUT2D eigenvalue weighted by atomic mass is 10.1. The van der Waals surface area contributed by atoms with Gasteiger partial charge in [0.05, 0.1) is 11.0 Å². The topological polar surface area (TPSA) is 42.9 Å². The number of fused-ring (bicyclic) bond motifs is 1. The van der Waals surface area contributed by atoms with Gasteiger partial charge in [-0.15, -0.1) is 11.3 Å². The third kappa shape index (κ3) is 2.72. The second-order valence-corrected chi connectivity index (χ2v) is 6.00. The molecule has 5 heteroatoms. The highest BCUT2D eigenvalue weighted by atomic mass is 79.9. The standard InChI is InChI=1S/C14H9BrN2OS/c15-10-6-11(19-8-10)7-14(18)9-1-2-12-13(5-9)17-4-3-16-12/h1-6,8H,7H2. The van der Waals surface area contributed by atoms with Crippen molar-refractivity contribution in [2.24, 2.45) is 0 Å². The van der Waals surface area contributed by atoms with Crippen molar-refractivity contribution in [2.75, 3.05) is 0 Å². The number of carbonyl (C=O) groups excluding carboxylic acids is 1. The van der Waals surface area contributed by atoms with Crippen LogP contribution in [0.15, 0.2) is 46.5 Å². The van der Waals surface area contributed by atoms with Gasteiger partial charge in [-0.05, 0) is 40.2 Å². The maximum atomic E-state index is 12.2. The van der Waals surface area contributed by atoms with Crippen LogP contribution >= 0.6 is 27.3 Å². The normalized spacial score (nSPS) is 10.8. The number of thiophene rings is 1. The fourth-order valence-electron chi connectivity index (χ4n) is 1.84. The first kappa shape index (κ1) is 12.4. The predicted octanol–water partition coefficient (Wildman–Crippen LogP) is 3.88. The molecule has 0 radical (unpaired) electrons. The molecule has 0 spiro atoms. The number of halogens is 1. The zero-order valence-electron chi connectivity index (χ0n) is 9.84. The SMILES string of the molecule is O=C(Cc1cc(Br)cs1)c1ccc2nccnc2c1. The van der Waals surface area contributed by atoms with Gasteiger partial charge in [-0.2, -0.15) is 0 Å². The van der Waals surface area contributed by atoms with Crippen LogP contribution in [0.1, 0.15) is 15.2 Å². The molecule has 3 nitrogen and oxygen atoms in total. The van der Waals surface area contributed by atoms with Crippen molar-refractivity contribution < 1.29 is 4.79 Å². The van der Waals surface area contributed by atoms with Crippen LogP contribution in [0.2, 0.25) is 0 Å². The largest absolute Gasteiger partial charge is 0.294 e. The molecular weight excluding hydrogens is 324 g/mol. The van der Waals surface area contributed by atoms with Gasteiger partial charge in [0.2, 0.25) is 0 Å². The predicted molar refractivity (Wildman–Crippen MR) is 79.6 cm³/mol. The molecule has 0 atom stereocenters. The molecule has 2 heterocycles. The fourth-order valence-corrected chi connectivity index (χ4v) is 3.29. The van der Waals surface area contributed by atoms with E-state index in [0.29, 0.717) is 12.0 Å². The number of Topliss-reactive ketones (excluding diaryl/α,β-unsaturated/α-hetero) is 1. The van der Waals surface area contributed by atoms with Gasteiger partial charge in [-0.3, -0.25) is 14.8 Å². The maximum absolute atomic E-state index is 12.2. The maximum Gasteiger partial charge on any atom is 0.168 e. The van der Waals surface area contributed by atoms with Crippen LogP contribution in [0, 0.1) is 0 Å². The van der Waals surface area contributed by atoms with E-state index in [1.807, 2.05) is 23.6 Å². The van der Waals surface area contributed by atoms with Crippen molar-refractivity contribution in [3.8, 4) is 0 Å². The third-order valence-electron chi connectivity index (χ3n) is 2.75. The molecule has 0 saturated carbocycles. The summed E-state index contributed by atoms with van der Waals surface area (Å²) in [5.41, 5.74) is 2.23. The Bertz CT molecular complexity index is 754. The number of hydrogen-bond acceptors (Lipinski definition) is 4. The summed E-state index contributed by atoms with van der Waals surface area (Å²) in [5.74, 6) is 0.0990. The van der Waals surface area contributed by atoms with Crippen molar-refractivity contribution in [3.05, 3.63) is 57.0 Å². The van der Waals surface area contributed by atoms with Crippen molar-refractivity contribution in [1.29, 1.82) is 0 Å². The van der Waals surface area contributed by atoms with Gasteiger partial charge in [0.1, 0.15) is 0 Å². The highest BCUT2D eigenvalue weighted by Gasteiger charge is 2.10. The molecule has 0 saturated heterocycles. The minimum atomic E-state index is 0.0990. The Balaban J connectivity index is 1.89. The van der Waals surface area contributed by atoms with Gasteiger partial charge in [0, 0.05) is 39.1 Å². The van der Waals surface area contributed by atoms with Crippen LogP contribution in [0.3, 0.4) is 0 Å². The van der Waals surface area contributed by atoms with Crippen LogP contribution in [-0.4, -0.2) is 15.8 Å². The third-order valence-corrected chi connectivity index (χ3v) is 4.45. The monoisotopic (exact) mass is 332 g/mol. The van der Waals surface area contributed by atoms with E-state index in [4.69, 9.17) is 0 Å². The highest BCUT2D eigenvalue weighted by Crippen LogP contribution is 2.21. The number of ketones is 1. The Morgan fingerprint density at radius 2 is 1.95 bits per heavy atom. The van der Waals surface area contributed by atoms with Gasteiger partial charge in [-0.1, -0.05) is 0 Å². The van der Waals surface area contributed by atoms with Gasteiger partial charge in [0.25, 0.3) is 0 Å². The summed E-state index contributed by atoms with van der Waals surface area (Å²) in [7, 11) is 0. The Morgan fingerprint density at radius 3 is 2.68 bits per heavy atom. The highest BCUT2D eigenvalue weighted by molar-refractivity contribution is 9.10. The zero-order valence-corrected chi connectivity index (χ0v) is 12.2. The summed E-state index contributed by atoms with van der Waals surface area (Å²) in [4.78, 5) is 21.7. The molecule has 0 aliphatic carbocycles. The first-order valence-electron chi connectivity index (χ1n) is 5.69. The summed E-state index contributed by atoms with van der Waals surface area (Å²) >= 11 is 4.97. The van der Waals surface area contributed by atoms with E-state index in [1.54, 1.807) is 29.8 Å². The second kappa shape index (κ2) is 5.19. The van der Waals surface area contributed by atoms with Crippen molar-refractivity contribution in [3.63, 3.8) is 0 Å². The average Bonchev–Trinajstić information content (AvgIpc) is 2.83. The summed E-state index contributed by atoms with van der Waals surface area (Å²) in [6.07, 6.45) is 3.70. The lowest BCUT2D eigenvalue weighted by molar-refractivity contribution is 0.0994. The quantitative estimate of drug-likeness (QED) is 0.683. The molecule has 19 heavy (non-hydrogen) atoms. The van der Waals surface area contributed by atoms with E-state index < -0.39 is 0 Å². The Labute approximate surface area is 122 Å². The summed E-state index contributed by atoms with van der Waals surface area (Å²) < 4.78 is 1.02. The second-order valence-electron chi connectivity index (χ2n) is 4.09. The van der Waals surface area contributed by atoms with Crippen LogP contribution < -0.4 is 0 Å². The van der Waals surface area contributed by atoms with Crippen LogP contribution in [0.25, 0.3) is 11.0 Å². The molecular formula is C14H9BrN2OS. The van der Waals surface area contributed by atoms with Crippen LogP contribution in [-0.2, 0) is 6.42 Å². The van der Waals surface area contributed by atoms with Crippen molar-refractivity contribution in [1.82, 2.24) is 9.97 Å². The lowest BCUT2D eigenvalue weighted by Crippen LogP contribution is -2.02. The van der Waals surface area contributed by atoms with Crippen LogP contribution in [0.4, 0.5) is 0 Å². The molecule has 3 aromatic rings. The molecule has 94 valence electrons. The smallest absolute Gasteiger partial charge is 0.168 e. The first-order valence-corrected chi connectivity index (χ1v) is 7.36. The molecule has 0 unspecified atom stereocenters. The molecule has 2 aromatic heterocycles.